The molecule has 1 unspecified atom stereocenters. The van der Waals surface area contributed by atoms with Crippen LogP contribution in [0.15, 0.2) is 24.4 Å². The monoisotopic (exact) mass is 193 g/mol. The van der Waals surface area contributed by atoms with Crippen molar-refractivity contribution in [1.82, 2.24) is 4.98 Å². The first-order valence-corrected chi connectivity index (χ1v) is 4.76. The van der Waals surface area contributed by atoms with Crippen LogP contribution in [0.25, 0.3) is 0 Å². The summed E-state index contributed by atoms with van der Waals surface area (Å²) < 4.78 is 0. The smallest absolute Gasteiger partial charge is 0.120 e. The van der Waals surface area contributed by atoms with Crippen molar-refractivity contribution in [2.75, 3.05) is 0 Å². The number of pyridine rings is 1. The van der Waals surface area contributed by atoms with E-state index >= 15 is 0 Å². The zero-order valence-corrected chi connectivity index (χ0v) is 8.26. The molecule has 1 heterocycles. The van der Waals surface area contributed by atoms with Gasteiger partial charge in [0.25, 0.3) is 0 Å². The van der Waals surface area contributed by atoms with E-state index in [0.29, 0.717) is 18.5 Å². The summed E-state index contributed by atoms with van der Waals surface area (Å²) in [5, 5.41) is 9.74. The third kappa shape index (κ3) is 3.26. The quantitative estimate of drug-likeness (QED) is 0.724. The Labute approximate surface area is 83.8 Å². The molecule has 0 spiro atoms. The lowest BCUT2D eigenvalue weighted by molar-refractivity contribution is -0.108. The lowest BCUT2D eigenvalue weighted by Gasteiger charge is -2.13. The van der Waals surface area contributed by atoms with Crippen LogP contribution < -0.4 is 0 Å². The van der Waals surface area contributed by atoms with Crippen molar-refractivity contribution in [1.29, 1.82) is 0 Å². The standard InChI is InChI=1S/C11H15NO2/c1-9(5-7-13)8-11(14)10-4-2-3-6-12-10/h2-4,6-7,9,11,14H,5,8H2,1H3/t9-,11?/m1/s1. The first-order chi connectivity index (χ1) is 6.74. The van der Waals surface area contributed by atoms with Crippen molar-refractivity contribution in [3.05, 3.63) is 30.1 Å². The second-order valence-corrected chi connectivity index (χ2v) is 3.51. The SMILES string of the molecule is C[C@H](CC=O)CC(O)c1ccccn1. The highest BCUT2D eigenvalue weighted by Gasteiger charge is 2.12. The fourth-order valence-electron chi connectivity index (χ4n) is 1.34. The van der Waals surface area contributed by atoms with Crippen LogP contribution in [0.2, 0.25) is 0 Å². The lowest BCUT2D eigenvalue weighted by atomic mass is 9.99. The highest BCUT2D eigenvalue weighted by atomic mass is 16.3. The molecule has 3 heteroatoms. The van der Waals surface area contributed by atoms with Crippen LogP contribution in [-0.2, 0) is 4.79 Å². The number of rotatable bonds is 5. The maximum Gasteiger partial charge on any atom is 0.120 e. The maximum absolute atomic E-state index is 10.2. The zero-order valence-electron chi connectivity index (χ0n) is 8.26. The number of carbonyl (C=O) groups excluding carboxylic acids is 1. The average molecular weight is 193 g/mol. The molecule has 76 valence electrons. The van der Waals surface area contributed by atoms with Gasteiger partial charge < -0.3 is 9.90 Å². The van der Waals surface area contributed by atoms with Crippen LogP contribution in [0.1, 0.15) is 31.6 Å². The van der Waals surface area contributed by atoms with E-state index in [9.17, 15) is 9.90 Å². The predicted octanol–water partition coefficient (Wildman–Crippen LogP) is 1.73. The van der Waals surface area contributed by atoms with Gasteiger partial charge in [-0.3, -0.25) is 4.98 Å². The lowest BCUT2D eigenvalue weighted by Crippen LogP contribution is -2.06. The minimum absolute atomic E-state index is 0.199. The largest absolute Gasteiger partial charge is 0.387 e. The van der Waals surface area contributed by atoms with E-state index in [2.05, 4.69) is 4.98 Å². The molecule has 0 radical (unpaired) electrons. The Bertz CT molecular complexity index is 274. The van der Waals surface area contributed by atoms with Crippen molar-refractivity contribution in [2.45, 2.75) is 25.9 Å². The van der Waals surface area contributed by atoms with E-state index in [1.54, 1.807) is 12.3 Å². The molecule has 0 saturated heterocycles. The van der Waals surface area contributed by atoms with Crippen LogP contribution in [0, 0.1) is 5.92 Å². The van der Waals surface area contributed by atoms with Gasteiger partial charge in [-0.15, -0.1) is 0 Å². The maximum atomic E-state index is 10.2. The van der Waals surface area contributed by atoms with E-state index in [0.717, 1.165) is 6.29 Å². The van der Waals surface area contributed by atoms with Gasteiger partial charge in [0.05, 0.1) is 11.8 Å². The van der Waals surface area contributed by atoms with Gasteiger partial charge in [-0.25, -0.2) is 0 Å². The van der Waals surface area contributed by atoms with Crippen LogP contribution in [0.4, 0.5) is 0 Å². The van der Waals surface area contributed by atoms with E-state index < -0.39 is 6.10 Å². The van der Waals surface area contributed by atoms with Gasteiger partial charge in [0.2, 0.25) is 0 Å². The van der Waals surface area contributed by atoms with Gasteiger partial charge >= 0.3 is 0 Å². The Morgan fingerprint density at radius 3 is 2.93 bits per heavy atom. The van der Waals surface area contributed by atoms with Crippen LogP contribution >= 0.6 is 0 Å². The van der Waals surface area contributed by atoms with Crippen LogP contribution in [0.5, 0.6) is 0 Å². The van der Waals surface area contributed by atoms with Crippen LogP contribution in [-0.4, -0.2) is 16.4 Å². The highest BCUT2D eigenvalue weighted by molar-refractivity contribution is 5.49. The summed E-state index contributed by atoms with van der Waals surface area (Å²) in [6.07, 6.45) is 3.05. The highest BCUT2D eigenvalue weighted by Crippen LogP contribution is 2.20. The average Bonchev–Trinajstić information content (AvgIpc) is 2.19. The molecule has 14 heavy (non-hydrogen) atoms. The summed E-state index contributed by atoms with van der Waals surface area (Å²) >= 11 is 0. The van der Waals surface area contributed by atoms with Crippen molar-refractivity contribution in [3.63, 3.8) is 0 Å². The summed E-state index contributed by atoms with van der Waals surface area (Å²) in [4.78, 5) is 14.3. The third-order valence-electron chi connectivity index (χ3n) is 2.15. The van der Waals surface area contributed by atoms with Crippen molar-refractivity contribution >= 4 is 6.29 Å². The van der Waals surface area contributed by atoms with E-state index in [4.69, 9.17) is 0 Å². The molecule has 0 aliphatic heterocycles. The molecular formula is C11H15NO2. The van der Waals surface area contributed by atoms with Gasteiger partial charge in [-0.05, 0) is 24.5 Å². The summed E-state index contributed by atoms with van der Waals surface area (Å²) in [6, 6.07) is 5.44. The molecule has 3 nitrogen and oxygen atoms in total. The minimum Gasteiger partial charge on any atom is -0.387 e. The second-order valence-electron chi connectivity index (χ2n) is 3.51. The Morgan fingerprint density at radius 2 is 2.36 bits per heavy atom. The number of aldehydes is 1. The van der Waals surface area contributed by atoms with Gasteiger partial charge in [0, 0.05) is 12.6 Å². The molecule has 0 fully saturated rings. The molecule has 0 aromatic carbocycles. The molecule has 0 saturated carbocycles. The molecule has 1 N–H and O–H groups in total. The van der Waals surface area contributed by atoms with E-state index in [1.165, 1.54) is 0 Å². The number of hydrogen-bond donors (Lipinski definition) is 1. The van der Waals surface area contributed by atoms with Gasteiger partial charge in [-0.1, -0.05) is 13.0 Å². The van der Waals surface area contributed by atoms with E-state index in [-0.39, 0.29) is 5.92 Å². The Morgan fingerprint density at radius 1 is 1.57 bits per heavy atom. The predicted molar refractivity (Wildman–Crippen MR) is 53.7 cm³/mol. The van der Waals surface area contributed by atoms with Crippen molar-refractivity contribution < 1.29 is 9.90 Å². The first-order valence-electron chi connectivity index (χ1n) is 4.76. The molecule has 1 rings (SSSR count). The van der Waals surface area contributed by atoms with Gasteiger partial charge in [0.15, 0.2) is 0 Å². The fourth-order valence-corrected chi connectivity index (χ4v) is 1.34. The zero-order chi connectivity index (χ0) is 10.4. The Hall–Kier alpha value is -1.22. The molecule has 1 aromatic rings. The summed E-state index contributed by atoms with van der Waals surface area (Å²) in [5.74, 6) is 0.199. The summed E-state index contributed by atoms with van der Waals surface area (Å²) in [5.41, 5.74) is 0.672. The molecule has 2 atom stereocenters. The normalized spacial score (nSPS) is 14.7. The Kier molecular flexibility index (Phi) is 4.26. The van der Waals surface area contributed by atoms with E-state index in [1.807, 2.05) is 19.1 Å². The summed E-state index contributed by atoms with van der Waals surface area (Å²) in [7, 11) is 0. The molecular weight excluding hydrogens is 178 g/mol. The van der Waals surface area contributed by atoms with Crippen LogP contribution in [0.3, 0.4) is 0 Å². The fraction of sp³-hybridized carbons (Fsp3) is 0.455. The molecule has 0 bridgehead atoms. The Balaban J connectivity index is 2.50. The molecule has 0 aliphatic rings. The van der Waals surface area contributed by atoms with Gasteiger partial charge in [-0.2, -0.15) is 0 Å². The molecule has 0 amide bonds. The number of carbonyl (C=O) groups is 1. The van der Waals surface area contributed by atoms with Crippen molar-refractivity contribution in [3.8, 4) is 0 Å². The van der Waals surface area contributed by atoms with Crippen molar-refractivity contribution in [2.24, 2.45) is 5.92 Å². The first kappa shape index (κ1) is 10.9. The topological polar surface area (TPSA) is 50.2 Å². The number of hydrogen-bond acceptors (Lipinski definition) is 3. The van der Waals surface area contributed by atoms with Gasteiger partial charge in [0.1, 0.15) is 6.29 Å². The third-order valence-corrected chi connectivity index (χ3v) is 2.15. The number of aliphatic hydroxyl groups is 1. The minimum atomic E-state index is -0.564. The molecule has 1 aromatic heterocycles. The number of aliphatic hydroxyl groups excluding tert-OH is 1. The second kappa shape index (κ2) is 5.50. The molecule has 0 aliphatic carbocycles. The number of aromatic nitrogens is 1. The summed E-state index contributed by atoms with van der Waals surface area (Å²) in [6.45, 7) is 1.94. The number of nitrogens with zero attached hydrogens (tertiary/aromatic N) is 1.